The maximum absolute atomic E-state index is 12.7. The first-order valence-corrected chi connectivity index (χ1v) is 11.5. The molecular formula is C26H35ClN2O2. The number of amides is 1. The van der Waals surface area contributed by atoms with Gasteiger partial charge in [-0.05, 0) is 42.0 Å². The molecule has 1 aliphatic rings. The highest BCUT2D eigenvalue weighted by molar-refractivity contribution is 6.30. The SMILES string of the molecule is COCC(=O)N(CC(C)C)CC1CN(Cc2ccc(Cl)cc2)CC1c1ccc(C)cc1. The summed E-state index contributed by atoms with van der Waals surface area (Å²) in [4.78, 5) is 17.2. The molecular weight excluding hydrogens is 408 g/mol. The smallest absolute Gasteiger partial charge is 0.248 e. The van der Waals surface area contributed by atoms with Gasteiger partial charge >= 0.3 is 0 Å². The van der Waals surface area contributed by atoms with Gasteiger partial charge in [0.15, 0.2) is 0 Å². The van der Waals surface area contributed by atoms with Gasteiger partial charge in [0.1, 0.15) is 6.61 Å². The van der Waals surface area contributed by atoms with Crippen molar-refractivity contribution in [1.29, 1.82) is 0 Å². The van der Waals surface area contributed by atoms with Crippen LogP contribution in [0.15, 0.2) is 48.5 Å². The average Bonchev–Trinajstić information content (AvgIpc) is 3.12. The summed E-state index contributed by atoms with van der Waals surface area (Å²) in [5.41, 5.74) is 3.90. The standard InChI is InChI=1S/C26H35ClN2O2/c1-19(2)13-29(26(30)18-31-4)16-23-15-28(14-21-7-11-24(27)12-8-21)17-25(23)22-9-5-20(3)6-10-22/h5-12,19,23,25H,13-18H2,1-4H3. The van der Waals surface area contributed by atoms with E-state index in [4.69, 9.17) is 16.3 Å². The molecule has 31 heavy (non-hydrogen) atoms. The summed E-state index contributed by atoms with van der Waals surface area (Å²) in [6.07, 6.45) is 0. The molecule has 3 rings (SSSR count). The Morgan fingerprint density at radius 1 is 1.13 bits per heavy atom. The zero-order valence-corrected chi connectivity index (χ0v) is 19.9. The van der Waals surface area contributed by atoms with E-state index in [1.165, 1.54) is 16.7 Å². The van der Waals surface area contributed by atoms with Crippen molar-refractivity contribution in [2.75, 3.05) is 39.9 Å². The third-order valence-electron chi connectivity index (χ3n) is 6.00. The Morgan fingerprint density at radius 3 is 2.42 bits per heavy atom. The zero-order chi connectivity index (χ0) is 22.4. The minimum absolute atomic E-state index is 0.0787. The molecule has 4 nitrogen and oxygen atoms in total. The van der Waals surface area contributed by atoms with E-state index in [0.717, 1.165) is 37.7 Å². The average molecular weight is 443 g/mol. The lowest BCUT2D eigenvalue weighted by Crippen LogP contribution is -2.41. The molecule has 1 heterocycles. The van der Waals surface area contributed by atoms with E-state index in [2.05, 4.69) is 62.1 Å². The number of carbonyl (C=O) groups is 1. The highest BCUT2D eigenvalue weighted by Gasteiger charge is 2.35. The van der Waals surface area contributed by atoms with E-state index in [1.807, 2.05) is 17.0 Å². The number of hydrogen-bond acceptors (Lipinski definition) is 3. The quantitative estimate of drug-likeness (QED) is 0.548. The van der Waals surface area contributed by atoms with Crippen LogP contribution in [-0.4, -0.2) is 55.6 Å². The van der Waals surface area contributed by atoms with E-state index < -0.39 is 0 Å². The number of nitrogens with zero attached hydrogens (tertiary/aromatic N) is 2. The summed E-state index contributed by atoms with van der Waals surface area (Å²) in [6.45, 7) is 11.0. The molecule has 1 fully saturated rings. The highest BCUT2D eigenvalue weighted by atomic mass is 35.5. The molecule has 0 aromatic heterocycles. The molecule has 0 N–H and O–H groups in total. The second-order valence-electron chi connectivity index (χ2n) is 9.22. The second-order valence-corrected chi connectivity index (χ2v) is 9.66. The van der Waals surface area contributed by atoms with E-state index in [-0.39, 0.29) is 12.5 Å². The van der Waals surface area contributed by atoms with Crippen LogP contribution in [-0.2, 0) is 16.1 Å². The van der Waals surface area contributed by atoms with Gasteiger partial charge < -0.3 is 9.64 Å². The van der Waals surface area contributed by atoms with Crippen LogP contribution in [0, 0.1) is 18.8 Å². The Labute approximate surface area is 192 Å². The Morgan fingerprint density at radius 2 is 1.81 bits per heavy atom. The molecule has 0 aliphatic carbocycles. The molecule has 168 valence electrons. The lowest BCUT2D eigenvalue weighted by molar-refractivity contribution is -0.136. The largest absolute Gasteiger partial charge is 0.375 e. The molecule has 0 bridgehead atoms. The fraction of sp³-hybridized carbons (Fsp3) is 0.500. The monoisotopic (exact) mass is 442 g/mol. The molecule has 2 atom stereocenters. The predicted molar refractivity (Wildman–Crippen MR) is 127 cm³/mol. The maximum atomic E-state index is 12.7. The Bertz CT molecular complexity index is 835. The van der Waals surface area contributed by atoms with Crippen molar-refractivity contribution in [3.63, 3.8) is 0 Å². The molecule has 0 spiro atoms. The van der Waals surface area contributed by atoms with Gasteiger partial charge in [0.05, 0.1) is 0 Å². The van der Waals surface area contributed by atoms with Crippen molar-refractivity contribution >= 4 is 17.5 Å². The van der Waals surface area contributed by atoms with Crippen LogP contribution >= 0.6 is 11.6 Å². The number of carbonyl (C=O) groups excluding carboxylic acids is 1. The minimum Gasteiger partial charge on any atom is -0.375 e. The van der Waals surface area contributed by atoms with Crippen molar-refractivity contribution in [2.45, 2.75) is 33.2 Å². The van der Waals surface area contributed by atoms with Crippen molar-refractivity contribution in [3.8, 4) is 0 Å². The molecule has 1 amide bonds. The number of halogens is 1. The lowest BCUT2D eigenvalue weighted by Gasteiger charge is -2.30. The van der Waals surface area contributed by atoms with Crippen LogP contribution < -0.4 is 0 Å². The molecule has 1 saturated heterocycles. The number of hydrogen-bond donors (Lipinski definition) is 0. The third kappa shape index (κ3) is 6.80. The molecule has 1 aliphatic heterocycles. The van der Waals surface area contributed by atoms with Crippen LogP contribution in [0.3, 0.4) is 0 Å². The number of methoxy groups -OCH3 is 1. The van der Waals surface area contributed by atoms with Gasteiger partial charge in [0.25, 0.3) is 0 Å². The molecule has 2 unspecified atom stereocenters. The van der Waals surface area contributed by atoms with Gasteiger partial charge in [-0.15, -0.1) is 0 Å². The van der Waals surface area contributed by atoms with Crippen LogP contribution in [0.2, 0.25) is 5.02 Å². The van der Waals surface area contributed by atoms with Gasteiger partial charge in [-0.2, -0.15) is 0 Å². The van der Waals surface area contributed by atoms with Gasteiger partial charge in [0, 0.05) is 50.8 Å². The molecule has 5 heteroatoms. The van der Waals surface area contributed by atoms with E-state index in [0.29, 0.717) is 17.8 Å². The zero-order valence-electron chi connectivity index (χ0n) is 19.2. The molecule has 2 aromatic rings. The van der Waals surface area contributed by atoms with Gasteiger partial charge in [-0.1, -0.05) is 67.4 Å². The predicted octanol–water partition coefficient (Wildman–Crippen LogP) is 5.00. The van der Waals surface area contributed by atoms with Gasteiger partial charge in [-0.3, -0.25) is 9.69 Å². The van der Waals surface area contributed by atoms with Crippen LogP contribution in [0.25, 0.3) is 0 Å². The summed E-state index contributed by atoms with van der Waals surface area (Å²) in [5, 5.41) is 0.765. The van der Waals surface area contributed by atoms with Crippen molar-refractivity contribution in [3.05, 3.63) is 70.2 Å². The van der Waals surface area contributed by atoms with E-state index in [1.54, 1.807) is 7.11 Å². The number of benzene rings is 2. The molecule has 0 radical (unpaired) electrons. The normalized spacial score (nSPS) is 19.2. The lowest BCUT2D eigenvalue weighted by atomic mass is 9.88. The molecule has 0 saturated carbocycles. The van der Waals surface area contributed by atoms with Crippen molar-refractivity contribution in [2.24, 2.45) is 11.8 Å². The minimum atomic E-state index is 0.0787. The van der Waals surface area contributed by atoms with E-state index >= 15 is 0 Å². The molecule has 2 aromatic carbocycles. The fourth-order valence-corrected chi connectivity index (χ4v) is 4.66. The summed E-state index contributed by atoms with van der Waals surface area (Å²) in [6, 6.07) is 17.0. The van der Waals surface area contributed by atoms with Gasteiger partial charge in [0.2, 0.25) is 5.91 Å². The number of rotatable bonds is 9. The van der Waals surface area contributed by atoms with Crippen LogP contribution in [0.1, 0.15) is 36.5 Å². The van der Waals surface area contributed by atoms with Crippen molar-refractivity contribution < 1.29 is 9.53 Å². The number of ether oxygens (including phenoxy) is 1. The Kier molecular flexibility index (Phi) is 8.53. The summed E-state index contributed by atoms with van der Waals surface area (Å²) in [5.74, 6) is 1.28. The Balaban J connectivity index is 1.79. The topological polar surface area (TPSA) is 32.8 Å². The number of likely N-dealkylation sites (tertiary alicyclic amines) is 1. The van der Waals surface area contributed by atoms with Crippen molar-refractivity contribution in [1.82, 2.24) is 9.80 Å². The van der Waals surface area contributed by atoms with Gasteiger partial charge in [-0.25, -0.2) is 0 Å². The summed E-state index contributed by atoms with van der Waals surface area (Å²) >= 11 is 6.06. The first kappa shape index (κ1) is 23.8. The highest BCUT2D eigenvalue weighted by Crippen LogP contribution is 2.34. The second kappa shape index (κ2) is 11.1. The first-order valence-electron chi connectivity index (χ1n) is 11.2. The van der Waals surface area contributed by atoms with E-state index in [9.17, 15) is 4.79 Å². The Hall–Kier alpha value is -1.88. The third-order valence-corrected chi connectivity index (χ3v) is 6.25. The van der Waals surface area contributed by atoms with Crippen LogP contribution in [0.4, 0.5) is 0 Å². The van der Waals surface area contributed by atoms with Crippen LogP contribution in [0.5, 0.6) is 0 Å². The maximum Gasteiger partial charge on any atom is 0.248 e. The fourth-order valence-electron chi connectivity index (χ4n) is 4.53. The summed E-state index contributed by atoms with van der Waals surface area (Å²) in [7, 11) is 1.59. The summed E-state index contributed by atoms with van der Waals surface area (Å²) < 4.78 is 5.15. The number of aryl methyl sites for hydroxylation is 1. The first-order chi connectivity index (χ1) is 14.9.